The van der Waals surface area contributed by atoms with Crippen molar-refractivity contribution in [1.29, 1.82) is 0 Å². The van der Waals surface area contributed by atoms with Gasteiger partial charge >= 0.3 is 0 Å². The average Bonchev–Trinajstić information content (AvgIpc) is 3.00. The number of methoxy groups -OCH3 is 2. The fourth-order valence-corrected chi connectivity index (χ4v) is 2.38. The number of furan rings is 1. The van der Waals surface area contributed by atoms with Crippen molar-refractivity contribution in [3.8, 4) is 11.5 Å². The van der Waals surface area contributed by atoms with Gasteiger partial charge in [-0.25, -0.2) is 0 Å². The fourth-order valence-electron chi connectivity index (χ4n) is 2.38. The van der Waals surface area contributed by atoms with E-state index in [0.717, 1.165) is 22.8 Å². The van der Waals surface area contributed by atoms with Gasteiger partial charge in [-0.2, -0.15) is 0 Å². The Bertz CT molecular complexity index is 558. The summed E-state index contributed by atoms with van der Waals surface area (Å²) in [7, 11) is 3.27. The highest BCUT2D eigenvalue weighted by molar-refractivity contribution is 5.45. The summed E-state index contributed by atoms with van der Waals surface area (Å²) in [6.07, 6.45) is 3.63. The summed E-state index contributed by atoms with van der Waals surface area (Å²) in [6.45, 7) is 6.02. The van der Waals surface area contributed by atoms with Crippen LogP contribution in [0.3, 0.4) is 0 Å². The van der Waals surface area contributed by atoms with Gasteiger partial charge in [0.2, 0.25) is 0 Å². The molecule has 20 heavy (non-hydrogen) atoms. The van der Waals surface area contributed by atoms with Crippen molar-refractivity contribution in [2.24, 2.45) is 5.92 Å². The van der Waals surface area contributed by atoms with Crippen LogP contribution in [0.15, 0.2) is 53.7 Å². The van der Waals surface area contributed by atoms with Crippen LogP contribution in [0.1, 0.15) is 24.2 Å². The summed E-state index contributed by atoms with van der Waals surface area (Å²) in [5.41, 5.74) is 1.12. The van der Waals surface area contributed by atoms with Gasteiger partial charge in [-0.05, 0) is 35.7 Å². The van der Waals surface area contributed by atoms with Crippen LogP contribution in [-0.4, -0.2) is 14.2 Å². The maximum atomic E-state index is 5.58. The third-order valence-corrected chi connectivity index (χ3v) is 3.51. The first-order valence-electron chi connectivity index (χ1n) is 6.59. The second kappa shape index (κ2) is 6.33. The maximum Gasteiger partial charge on any atom is 0.161 e. The van der Waals surface area contributed by atoms with Crippen LogP contribution >= 0.6 is 0 Å². The number of ether oxygens (including phenoxy) is 2. The largest absolute Gasteiger partial charge is 0.493 e. The zero-order valence-corrected chi connectivity index (χ0v) is 12.1. The van der Waals surface area contributed by atoms with Gasteiger partial charge < -0.3 is 13.9 Å². The molecule has 0 aliphatic rings. The third-order valence-electron chi connectivity index (χ3n) is 3.51. The lowest BCUT2D eigenvalue weighted by molar-refractivity contribution is 0.353. The minimum absolute atomic E-state index is 0.113. The zero-order valence-electron chi connectivity index (χ0n) is 12.1. The lowest BCUT2D eigenvalue weighted by Crippen LogP contribution is -2.09. The second-order valence-corrected chi connectivity index (χ2v) is 4.70. The van der Waals surface area contributed by atoms with E-state index in [1.807, 2.05) is 36.4 Å². The van der Waals surface area contributed by atoms with E-state index in [-0.39, 0.29) is 11.8 Å². The molecule has 2 aromatic rings. The molecule has 2 atom stereocenters. The predicted octanol–water partition coefficient (Wildman–Crippen LogP) is 4.25. The number of hydrogen-bond donors (Lipinski definition) is 0. The van der Waals surface area contributed by atoms with Gasteiger partial charge in [0.05, 0.1) is 20.5 Å². The molecular formula is C17H20O3. The quantitative estimate of drug-likeness (QED) is 0.737. The first-order chi connectivity index (χ1) is 9.71. The molecule has 0 spiro atoms. The van der Waals surface area contributed by atoms with Gasteiger partial charge in [-0.3, -0.25) is 0 Å². The monoisotopic (exact) mass is 272 g/mol. The van der Waals surface area contributed by atoms with Gasteiger partial charge in [0.25, 0.3) is 0 Å². The number of benzene rings is 1. The van der Waals surface area contributed by atoms with Crippen molar-refractivity contribution < 1.29 is 13.9 Å². The van der Waals surface area contributed by atoms with E-state index in [9.17, 15) is 0 Å². The lowest BCUT2D eigenvalue weighted by Gasteiger charge is -2.21. The molecule has 0 bridgehead atoms. The van der Waals surface area contributed by atoms with E-state index >= 15 is 0 Å². The molecule has 0 amide bonds. The lowest BCUT2D eigenvalue weighted by atomic mass is 9.85. The Morgan fingerprint density at radius 1 is 1.15 bits per heavy atom. The first kappa shape index (κ1) is 14.3. The standard InChI is InChI=1S/C17H20O3/c1-5-12(2)17(15-7-6-10-20-15)13-8-9-14(18-3)16(11-13)19-4/h5-12,17H,1H2,2-4H3. The Morgan fingerprint density at radius 3 is 2.45 bits per heavy atom. The van der Waals surface area contributed by atoms with Crippen molar-refractivity contribution in [3.05, 3.63) is 60.6 Å². The Balaban J connectivity index is 2.46. The minimum Gasteiger partial charge on any atom is -0.493 e. The van der Waals surface area contributed by atoms with Crippen molar-refractivity contribution in [2.75, 3.05) is 14.2 Å². The van der Waals surface area contributed by atoms with Crippen LogP contribution in [0.25, 0.3) is 0 Å². The fraction of sp³-hybridized carbons (Fsp3) is 0.294. The number of rotatable bonds is 6. The molecule has 0 aliphatic heterocycles. The summed E-state index contributed by atoms with van der Waals surface area (Å²) < 4.78 is 16.2. The van der Waals surface area contributed by atoms with Gasteiger partial charge in [-0.1, -0.05) is 19.1 Å². The molecule has 2 unspecified atom stereocenters. The SMILES string of the molecule is C=CC(C)C(c1ccc(OC)c(OC)c1)c1ccco1. The van der Waals surface area contributed by atoms with Crippen LogP contribution < -0.4 is 9.47 Å². The van der Waals surface area contributed by atoms with Gasteiger partial charge in [0, 0.05) is 5.92 Å². The van der Waals surface area contributed by atoms with E-state index in [0.29, 0.717) is 0 Å². The van der Waals surface area contributed by atoms with Crippen LogP contribution in [-0.2, 0) is 0 Å². The van der Waals surface area contributed by atoms with Crippen molar-refractivity contribution >= 4 is 0 Å². The second-order valence-electron chi connectivity index (χ2n) is 4.70. The highest BCUT2D eigenvalue weighted by atomic mass is 16.5. The molecule has 0 saturated carbocycles. The first-order valence-corrected chi connectivity index (χ1v) is 6.59. The van der Waals surface area contributed by atoms with E-state index in [1.54, 1.807) is 20.5 Å². The summed E-state index contributed by atoms with van der Waals surface area (Å²) in [5.74, 6) is 2.73. The Kier molecular flexibility index (Phi) is 4.51. The van der Waals surface area contributed by atoms with E-state index in [1.165, 1.54) is 0 Å². The Labute approximate surface area is 119 Å². The summed E-state index contributed by atoms with van der Waals surface area (Å²) in [4.78, 5) is 0. The van der Waals surface area contributed by atoms with Crippen LogP contribution in [0.5, 0.6) is 11.5 Å². The normalized spacial score (nSPS) is 13.6. The summed E-state index contributed by atoms with van der Waals surface area (Å²) >= 11 is 0. The van der Waals surface area contributed by atoms with Crippen LogP contribution in [0, 0.1) is 5.92 Å². The van der Waals surface area contributed by atoms with Gasteiger partial charge in [0.15, 0.2) is 11.5 Å². The van der Waals surface area contributed by atoms with Crippen molar-refractivity contribution in [2.45, 2.75) is 12.8 Å². The molecule has 106 valence electrons. The van der Waals surface area contributed by atoms with E-state index < -0.39 is 0 Å². The molecule has 1 aromatic heterocycles. The maximum absolute atomic E-state index is 5.58. The average molecular weight is 272 g/mol. The van der Waals surface area contributed by atoms with E-state index in [4.69, 9.17) is 13.9 Å². The van der Waals surface area contributed by atoms with Gasteiger partial charge in [-0.15, -0.1) is 6.58 Å². The van der Waals surface area contributed by atoms with Crippen LogP contribution in [0.4, 0.5) is 0 Å². The molecule has 0 radical (unpaired) electrons. The highest BCUT2D eigenvalue weighted by Crippen LogP contribution is 2.37. The molecule has 2 rings (SSSR count). The van der Waals surface area contributed by atoms with Crippen LogP contribution in [0.2, 0.25) is 0 Å². The Morgan fingerprint density at radius 2 is 1.90 bits per heavy atom. The van der Waals surface area contributed by atoms with Crippen molar-refractivity contribution in [3.63, 3.8) is 0 Å². The summed E-state index contributed by atoms with van der Waals surface area (Å²) in [5, 5.41) is 0. The number of allylic oxidation sites excluding steroid dienone is 1. The molecule has 1 aromatic carbocycles. The van der Waals surface area contributed by atoms with Gasteiger partial charge in [0.1, 0.15) is 5.76 Å². The topological polar surface area (TPSA) is 31.6 Å². The highest BCUT2D eigenvalue weighted by Gasteiger charge is 2.23. The molecular weight excluding hydrogens is 252 g/mol. The smallest absolute Gasteiger partial charge is 0.161 e. The zero-order chi connectivity index (χ0) is 14.5. The summed E-state index contributed by atoms with van der Waals surface area (Å²) in [6, 6.07) is 9.83. The Hall–Kier alpha value is -2.16. The molecule has 0 fully saturated rings. The molecule has 3 heteroatoms. The molecule has 3 nitrogen and oxygen atoms in total. The number of hydrogen-bond acceptors (Lipinski definition) is 3. The van der Waals surface area contributed by atoms with Crippen molar-refractivity contribution in [1.82, 2.24) is 0 Å². The predicted molar refractivity (Wildman–Crippen MR) is 79.5 cm³/mol. The molecule has 0 aliphatic carbocycles. The van der Waals surface area contributed by atoms with E-state index in [2.05, 4.69) is 13.5 Å². The molecule has 0 saturated heterocycles. The third kappa shape index (κ3) is 2.72. The molecule has 1 heterocycles. The minimum atomic E-state index is 0.113. The molecule has 0 N–H and O–H groups in total.